The third-order valence-corrected chi connectivity index (χ3v) is 9.20. The molecule has 0 bridgehead atoms. The number of carbonyl (C=O) groups is 1. The number of hydrogen-bond donors (Lipinski definition) is 3. The molecule has 0 aliphatic carbocycles. The maximum absolute atomic E-state index is 12.3. The fraction of sp³-hybridized carbons (Fsp3) is 0.588. The van der Waals surface area contributed by atoms with Crippen molar-refractivity contribution in [3.05, 3.63) is 122 Å². The van der Waals surface area contributed by atoms with Crippen molar-refractivity contribution in [1.82, 2.24) is 5.32 Å². The quantitative estimate of drug-likeness (QED) is 0.0434. The van der Waals surface area contributed by atoms with Gasteiger partial charge in [-0.1, -0.05) is 200 Å². The Kier molecular flexibility index (Phi) is 42.5. The van der Waals surface area contributed by atoms with Gasteiger partial charge >= 0.3 is 0 Å². The summed E-state index contributed by atoms with van der Waals surface area (Å²) < 4.78 is 0. The molecule has 3 N–H and O–H groups in total. The zero-order valence-corrected chi connectivity index (χ0v) is 35.4. The molecule has 0 radical (unpaired) electrons. The van der Waals surface area contributed by atoms with E-state index in [-0.39, 0.29) is 12.5 Å². The summed E-state index contributed by atoms with van der Waals surface area (Å²) in [6.45, 7) is 4.09. The molecular formula is C51H83NO3. The van der Waals surface area contributed by atoms with Gasteiger partial charge in [-0.2, -0.15) is 0 Å². The molecule has 0 aliphatic rings. The zero-order chi connectivity index (χ0) is 40.0. The molecule has 0 fully saturated rings. The smallest absolute Gasteiger partial charge is 0.220 e. The first-order chi connectivity index (χ1) is 27.2. The second kappa shape index (κ2) is 45.2. The summed E-state index contributed by atoms with van der Waals surface area (Å²) in [5, 5.41) is 22.7. The van der Waals surface area contributed by atoms with Crippen molar-refractivity contribution in [2.75, 3.05) is 6.61 Å². The van der Waals surface area contributed by atoms with E-state index in [1.165, 1.54) is 64.2 Å². The highest BCUT2D eigenvalue weighted by atomic mass is 16.3. The van der Waals surface area contributed by atoms with Crippen molar-refractivity contribution in [1.29, 1.82) is 0 Å². The van der Waals surface area contributed by atoms with Crippen LogP contribution in [0.15, 0.2) is 122 Å². The van der Waals surface area contributed by atoms with E-state index >= 15 is 0 Å². The molecule has 0 aromatic rings. The Morgan fingerprint density at radius 1 is 0.455 bits per heavy atom. The lowest BCUT2D eigenvalue weighted by atomic mass is 10.1. The van der Waals surface area contributed by atoms with Crippen LogP contribution in [0.1, 0.15) is 174 Å². The van der Waals surface area contributed by atoms with Crippen LogP contribution in [0.4, 0.5) is 0 Å². The van der Waals surface area contributed by atoms with E-state index in [1.54, 1.807) is 6.08 Å². The molecular weight excluding hydrogens is 675 g/mol. The average Bonchev–Trinajstić information content (AvgIpc) is 3.19. The molecule has 0 aromatic heterocycles. The van der Waals surface area contributed by atoms with Crippen molar-refractivity contribution in [2.24, 2.45) is 0 Å². The molecule has 0 aliphatic heterocycles. The lowest BCUT2D eigenvalue weighted by Gasteiger charge is -2.20. The van der Waals surface area contributed by atoms with E-state index in [0.717, 1.165) is 89.9 Å². The van der Waals surface area contributed by atoms with Crippen molar-refractivity contribution in [3.63, 3.8) is 0 Å². The number of allylic oxidation sites excluding steroid dienone is 19. The predicted molar refractivity (Wildman–Crippen MR) is 243 cm³/mol. The van der Waals surface area contributed by atoms with Crippen LogP contribution in [0.3, 0.4) is 0 Å². The molecule has 0 saturated carbocycles. The standard InChI is InChI=1S/C51H83NO3/c1-3-5-7-9-11-12-13-14-15-16-17-18-19-20-21-22-23-24-25-26-27-28-29-30-31-32-33-34-35-36-37-38-39-40-41-43-45-47-51(55)52-49(48-53)50(54)46-44-42-10-8-6-4-2/h5,7,11-12,14-15,17-18,20-21,23-24,26-27,29-30,32-33,44,46,49-50,53-54H,3-4,6,8-10,13,16,19,22,25,28,31,34-43,45,47-48H2,1-2H3,(H,52,55)/b7-5-,12-11-,15-14-,18-17-,21-20-,24-23-,27-26-,30-29-,33-32-,46-44+. The summed E-state index contributed by atoms with van der Waals surface area (Å²) in [6.07, 6.45) is 70.5. The summed E-state index contributed by atoms with van der Waals surface area (Å²) in [7, 11) is 0. The lowest BCUT2D eigenvalue weighted by Crippen LogP contribution is -2.45. The molecule has 4 nitrogen and oxygen atoms in total. The van der Waals surface area contributed by atoms with E-state index in [1.807, 2.05) is 6.08 Å². The fourth-order valence-corrected chi connectivity index (χ4v) is 5.81. The van der Waals surface area contributed by atoms with Gasteiger partial charge in [-0.25, -0.2) is 0 Å². The Bertz CT molecular complexity index is 1130. The third kappa shape index (κ3) is 41.8. The minimum Gasteiger partial charge on any atom is -0.394 e. The van der Waals surface area contributed by atoms with Crippen molar-refractivity contribution in [3.8, 4) is 0 Å². The normalized spacial score (nSPS) is 14.2. The van der Waals surface area contributed by atoms with Gasteiger partial charge in [0, 0.05) is 6.42 Å². The Morgan fingerprint density at radius 2 is 0.800 bits per heavy atom. The minimum absolute atomic E-state index is 0.0833. The van der Waals surface area contributed by atoms with Crippen LogP contribution in [-0.4, -0.2) is 34.9 Å². The second-order valence-corrected chi connectivity index (χ2v) is 14.4. The average molecular weight is 758 g/mol. The Morgan fingerprint density at radius 3 is 1.20 bits per heavy atom. The van der Waals surface area contributed by atoms with Gasteiger partial charge in [0.05, 0.1) is 18.8 Å². The molecule has 0 saturated heterocycles. The van der Waals surface area contributed by atoms with Gasteiger partial charge in [-0.3, -0.25) is 4.79 Å². The largest absolute Gasteiger partial charge is 0.394 e. The van der Waals surface area contributed by atoms with E-state index in [9.17, 15) is 15.0 Å². The van der Waals surface area contributed by atoms with Crippen LogP contribution in [0, 0.1) is 0 Å². The molecule has 55 heavy (non-hydrogen) atoms. The highest BCUT2D eigenvalue weighted by Gasteiger charge is 2.17. The van der Waals surface area contributed by atoms with Gasteiger partial charge in [0.25, 0.3) is 0 Å². The van der Waals surface area contributed by atoms with Crippen LogP contribution in [-0.2, 0) is 4.79 Å². The molecule has 2 atom stereocenters. The topological polar surface area (TPSA) is 69.6 Å². The highest BCUT2D eigenvalue weighted by molar-refractivity contribution is 5.76. The molecule has 0 aromatic carbocycles. The number of hydrogen-bond acceptors (Lipinski definition) is 3. The van der Waals surface area contributed by atoms with Crippen molar-refractivity contribution < 1.29 is 15.0 Å². The molecule has 310 valence electrons. The highest BCUT2D eigenvalue weighted by Crippen LogP contribution is 2.12. The van der Waals surface area contributed by atoms with Crippen LogP contribution < -0.4 is 5.32 Å². The number of rotatable bonds is 38. The lowest BCUT2D eigenvalue weighted by molar-refractivity contribution is -0.123. The Labute approximate surface area is 339 Å². The zero-order valence-electron chi connectivity index (χ0n) is 35.4. The van der Waals surface area contributed by atoms with Crippen molar-refractivity contribution >= 4 is 5.91 Å². The van der Waals surface area contributed by atoms with Crippen LogP contribution in [0.5, 0.6) is 0 Å². The first kappa shape index (κ1) is 51.8. The number of amides is 1. The molecule has 0 spiro atoms. The predicted octanol–water partition coefficient (Wildman–Crippen LogP) is 14.2. The first-order valence-electron chi connectivity index (χ1n) is 22.2. The number of aliphatic hydroxyl groups excluding tert-OH is 2. The molecule has 0 heterocycles. The molecule has 2 unspecified atom stereocenters. The van der Waals surface area contributed by atoms with E-state index < -0.39 is 12.1 Å². The maximum Gasteiger partial charge on any atom is 0.220 e. The van der Waals surface area contributed by atoms with Crippen LogP contribution in [0.2, 0.25) is 0 Å². The number of unbranched alkanes of at least 4 members (excludes halogenated alkanes) is 13. The molecule has 1 amide bonds. The molecule has 0 rings (SSSR count). The fourth-order valence-electron chi connectivity index (χ4n) is 5.81. The summed E-state index contributed by atoms with van der Waals surface area (Å²) in [5.41, 5.74) is 0. The number of aliphatic hydroxyl groups is 2. The first-order valence-corrected chi connectivity index (χ1v) is 22.2. The number of nitrogens with one attached hydrogen (secondary N) is 1. The SMILES string of the molecule is CC/C=C\C/C=C\C/C=C\C/C=C\C/C=C\C/C=C\C/C=C\C/C=C\C/C=C\CCCCCCCCCCCC(=O)NC(CO)C(O)/C=C/CCCCCC. The van der Waals surface area contributed by atoms with E-state index in [4.69, 9.17) is 0 Å². The minimum atomic E-state index is -0.845. The maximum atomic E-state index is 12.3. The summed E-state index contributed by atoms with van der Waals surface area (Å²) in [6, 6.07) is -0.629. The number of carbonyl (C=O) groups excluding carboxylic acids is 1. The van der Waals surface area contributed by atoms with Gasteiger partial charge in [-0.05, 0) is 89.9 Å². The second-order valence-electron chi connectivity index (χ2n) is 14.4. The van der Waals surface area contributed by atoms with Crippen LogP contribution in [0.25, 0.3) is 0 Å². The molecule has 4 heteroatoms. The summed E-state index contributed by atoms with van der Waals surface area (Å²) >= 11 is 0. The van der Waals surface area contributed by atoms with Crippen LogP contribution >= 0.6 is 0 Å². The van der Waals surface area contributed by atoms with Crippen molar-refractivity contribution in [2.45, 2.75) is 187 Å². The Balaban J connectivity index is 3.61. The van der Waals surface area contributed by atoms with E-state index in [2.05, 4.69) is 129 Å². The van der Waals surface area contributed by atoms with Gasteiger partial charge < -0.3 is 15.5 Å². The van der Waals surface area contributed by atoms with Gasteiger partial charge in [0.1, 0.15) is 0 Å². The third-order valence-electron chi connectivity index (χ3n) is 9.20. The Hall–Kier alpha value is -3.21. The van der Waals surface area contributed by atoms with Gasteiger partial charge in [0.15, 0.2) is 0 Å². The van der Waals surface area contributed by atoms with Gasteiger partial charge in [-0.15, -0.1) is 0 Å². The summed E-state index contributed by atoms with van der Waals surface area (Å²) in [4.78, 5) is 12.3. The summed E-state index contributed by atoms with van der Waals surface area (Å²) in [5.74, 6) is -0.0833. The monoisotopic (exact) mass is 758 g/mol. The van der Waals surface area contributed by atoms with Gasteiger partial charge in [0.2, 0.25) is 5.91 Å². The van der Waals surface area contributed by atoms with E-state index in [0.29, 0.717) is 6.42 Å².